The number of fused-ring (bicyclic) bond motifs is 1. The van der Waals surface area contributed by atoms with Gasteiger partial charge in [0.2, 0.25) is 0 Å². The van der Waals surface area contributed by atoms with Crippen LogP contribution in [-0.4, -0.2) is 51.8 Å². The molecule has 3 heterocycles. The third-order valence-corrected chi connectivity index (χ3v) is 6.73. The number of urea groups is 1. The first kappa shape index (κ1) is 16.7. The fraction of sp³-hybridized carbons (Fsp3) is 0.611. The highest BCUT2D eigenvalue weighted by Crippen LogP contribution is 2.31. The SMILES string of the molecule is C[C@@H]1CCCC[C@@H]1N1C(=O)C(=O)N(CN2CCc3sccc3C2)C1=O. The Bertz CT molecular complexity index is 716. The molecule has 7 heteroatoms. The molecule has 1 aromatic rings. The first-order valence-electron chi connectivity index (χ1n) is 9.03. The van der Waals surface area contributed by atoms with E-state index in [1.165, 1.54) is 15.3 Å². The Kier molecular flexibility index (Phi) is 4.37. The van der Waals surface area contributed by atoms with Crippen molar-refractivity contribution in [1.82, 2.24) is 14.7 Å². The van der Waals surface area contributed by atoms with Crippen LogP contribution in [0.3, 0.4) is 0 Å². The number of hydrogen-bond acceptors (Lipinski definition) is 5. The van der Waals surface area contributed by atoms with Crippen molar-refractivity contribution in [2.75, 3.05) is 13.2 Å². The van der Waals surface area contributed by atoms with Gasteiger partial charge in [0.1, 0.15) is 0 Å². The number of amides is 4. The lowest BCUT2D eigenvalue weighted by Gasteiger charge is -2.34. The number of imide groups is 2. The standard InChI is InChI=1S/C18H23N3O3S/c1-12-4-2-3-5-14(12)21-17(23)16(22)20(18(21)24)11-19-8-6-15-13(10-19)7-9-25-15/h7,9,12,14H,2-6,8,10-11H2,1H3/t12-,14+/m1/s1. The molecule has 0 spiro atoms. The van der Waals surface area contributed by atoms with Crippen molar-refractivity contribution in [3.8, 4) is 0 Å². The first-order valence-corrected chi connectivity index (χ1v) is 9.91. The smallest absolute Gasteiger partial charge is 0.281 e. The minimum Gasteiger partial charge on any atom is -0.281 e. The van der Waals surface area contributed by atoms with Crippen LogP contribution in [-0.2, 0) is 22.6 Å². The van der Waals surface area contributed by atoms with E-state index in [1.54, 1.807) is 11.3 Å². The molecule has 134 valence electrons. The molecule has 0 unspecified atom stereocenters. The van der Waals surface area contributed by atoms with E-state index in [1.807, 2.05) is 0 Å². The molecule has 1 saturated carbocycles. The van der Waals surface area contributed by atoms with Crippen LogP contribution in [0.25, 0.3) is 0 Å². The van der Waals surface area contributed by atoms with Gasteiger partial charge in [-0.15, -0.1) is 11.3 Å². The summed E-state index contributed by atoms with van der Waals surface area (Å²) < 4.78 is 0. The van der Waals surface area contributed by atoms with E-state index in [4.69, 9.17) is 0 Å². The molecular weight excluding hydrogens is 338 g/mol. The Morgan fingerprint density at radius 2 is 1.96 bits per heavy atom. The summed E-state index contributed by atoms with van der Waals surface area (Å²) in [4.78, 5) is 43.6. The minimum absolute atomic E-state index is 0.132. The average Bonchev–Trinajstić information content (AvgIpc) is 3.15. The number of carbonyl (C=O) groups is 3. The van der Waals surface area contributed by atoms with Crippen molar-refractivity contribution in [2.45, 2.75) is 51.6 Å². The molecule has 1 aromatic heterocycles. The second-order valence-electron chi connectivity index (χ2n) is 7.33. The number of thiophene rings is 1. The third kappa shape index (κ3) is 2.89. The van der Waals surface area contributed by atoms with E-state index in [0.717, 1.165) is 50.1 Å². The predicted octanol–water partition coefficient (Wildman–Crippen LogP) is 2.43. The number of nitrogens with zero attached hydrogens (tertiary/aromatic N) is 3. The lowest BCUT2D eigenvalue weighted by Crippen LogP contribution is -2.47. The van der Waals surface area contributed by atoms with Crippen LogP contribution in [0, 0.1) is 5.92 Å². The zero-order valence-electron chi connectivity index (χ0n) is 14.4. The van der Waals surface area contributed by atoms with Gasteiger partial charge < -0.3 is 0 Å². The Morgan fingerprint density at radius 1 is 1.16 bits per heavy atom. The van der Waals surface area contributed by atoms with E-state index in [-0.39, 0.29) is 18.6 Å². The topological polar surface area (TPSA) is 60.9 Å². The molecular formula is C18H23N3O3S. The molecule has 25 heavy (non-hydrogen) atoms. The number of rotatable bonds is 3. The normalized spacial score (nSPS) is 28.0. The zero-order valence-corrected chi connectivity index (χ0v) is 15.3. The van der Waals surface area contributed by atoms with E-state index in [2.05, 4.69) is 23.3 Å². The maximum Gasteiger partial charge on any atom is 0.335 e. The largest absolute Gasteiger partial charge is 0.335 e. The summed E-state index contributed by atoms with van der Waals surface area (Å²) >= 11 is 1.75. The van der Waals surface area contributed by atoms with Gasteiger partial charge in [0.05, 0.1) is 6.67 Å². The summed E-state index contributed by atoms with van der Waals surface area (Å²) in [6, 6.07) is 1.54. The summed E-state index contributed by atoms with van der Waals surface area (Å²) in [5.41, 5.74) is 1.26. The van der Waals surface area contributed by atoms with E-state index in [0.29, 0.717) is 0 Å². The van der Waals surface area contributed by atoms with Crippen LogP contribution >= 0.6 is 11.3 Å². The summed E-state index contributed by atoms with van der Waals surface area (Å²) in [6.07, 6.45) is 4.88. The highest BCUT2D eigenvalue weighted by Gasteiger charge is 2.49. The second-order valence-corrected chi connectivity index (χ2v) is 8.33. The predicted molar refractivity (Wildman–Crippen MR) is 93.8 cm³/mol. The summed E-state index contributed by atoms with van der Waals surface area (Å²) in [5.74, 6) is -1.05. The van der Waals surface area contributed by atoms with Gasteiger partial charge in [-0.05, 0) is 42.2 Å². The van der Waals surface area contributed by atoms with Gasteiger partial charge in [-0.1, -0.05) is 19.8 Å². The Morgan fingerprint density at radius 3 is 2.76 bits per heavy atom. The molecule has 0 bridgehead atoms. The van der Waals surface area contributed by atoms with Crippen molar-refractivity contribution in [3.05, 3.63) is 21.9 Å². The lowest BCUT2D eigenvalue weighted by atomic mass is 9.85. The summed E-state index contributed by atoms with van der Waals surface area (Å²) in [6.45, 7) is 3.80. The van der Waals surface area contributed by atoms with Gasteiger partial charge in [-0.25, -0.2) is 9.69 Å². The van der Waals surface area contributed by atoms with Gasteiger partial charge in [0.25, 0.3) is 0 Å². The van der Waals surface area contributed by atoms with Crippen LogP contribution < -0.4 is 0 Å². The molecule has 3 aliphatic rings. The molecule has 0 radical (unpaired) electrons. The van der Waals surface area contributed by atoms with E-state index < -0.39 is 17.8 Å². The highest BCUT2D eigenvalue weighted by atomic mass is 32.1. The lowest BCUT2D eigenvalue weighted by molar-refractivity contribution is -0.145. The molecule has 1 aliphatic carbocycles. The molecule has 4 amide bonds. The van der Waals surface area contributed by atoms with Crippen LogP contribution in [0.15, 0.2) is 11.4 Å². The van der Waals surface area contributed by atoms with Crippen LogP contribution in [0.1, 0.15) is 43.0 Å². The summed E-state index contributed by atoms with van der Waals surface area (Å²) in [5, 5.41) is 2.08. The third-order valence-electron chi connectivity index (χ3n) is 5.71. The maximum atomic E-state index is 12.8. The monoisotopic (exact) mass is 361 g/mol. The fourth-order valence-electron chi connectivity index (χ4n) is 4.25. The molecule has 4 rings (SSSR count). The number of hydrogen-bond donors (Lipinski definition) is 0. The summed E-state index contributed by atoms with van der Waals surface area (Å²) in [7, 11) is 0. The Hall–Kier alpha value is -1.73. The van der Waals surface area contributed by atoms with Crippen LogP contribution in [0.5, 0.6) is 0 Å². The molecule has 2 fully saturated rings. The van der Waals surface area contributed by atoms with Gasteiger partial charge in [0, 0.05) is 24.0 Å². The van der Waals surface area contributed by atoms with Gasteiger partial charge in [-0.3, -0.25) is 19.4 Å². The average molecular weight is 361 g/mol. The zero-order chi connectivity index (χ0) is 17.6. The van der Waals surface area contributed by atoms with Crippen molar-refractivity contribution >= 4 is 29.2 Å². The maximum absolute atomic E-state index is 12.8. The second kappa shape index (κ2) is 6.53. The molecule has 0 aromatic carbocycles. The van der Waals surface area contributed by atoms with Crippen LogP contribution in [0.2, 0.25) is 0 Å². The molecule has 6 nitrogen and oxygen atoms in total. The van der Waals surface area contributed by atoms with Crippen molar-refractivity contribution < 1.29 is 14.4 Å². The van der Waals surface area contributed by atoms with Crippen molar-refractivity contribution in [1.29, 1.82) is 0 Å². The quantitative estimate of drug-likeness (QED) is 0.613. The van der Waals surface area contributed by atoms with Crippen LogP contribution in [0.4, 0.5) is 4.79 Å². The molecule has 2 atom stereocenters. The van der Waals surface area contributed by atoms with E-state index >= 15 is 0 Å². The van der Waals surface area contributed by atoms with Crippen molar-refractivity contribution in [3.63, 3.8) is 0 Å². The van der Waals surface area contributed by atoms with Gasteiger partial charge in [0.15, 0.2) is 0 Å². The van der Waals surface area contributed by atoms with Crippen molar-refractivity contribution in [2.24, 2.45) is 5.92 Å². The Labute approximate surface area is 151 Å². The number of carbonyl (C=O) groups excluding carboxylic acids is 3. The fourth-order valence-corrected chi connectivity index (χ4v) is 5.14. The first-order chi connectivity index (χ1) is 12.1. The molecule has 0 N–H and O–H groups in total. The van der Waals surface area contributed by atoms with Gasteiger partial charge >= 0.3 is 17.8 Å². The molecule has 1 saturated heterocycles. The highest BCUT2D eigenvalue weighted by molar-refractivity contribution is 7.10. The Balaban J connectivity index is 1.48. The van der Waals surface area contributed by atoms with Gasteiger partial charge in [-0.2, -0.15) is 0 Å². The molecule has 2 aliphatic heterocycles. The van der Waals surface area contributed by atoms with E-state index in [9.17, 15) is 14.4 Å². The minimum atomic E-state index is -0.668.